The molecular weight excluding hydrogens is 367 g/mol. The highest BCUT2D eigenvalue weighted by Gasteiger charge is 2.30. The van der Waals surface area contributed by atoms with Crippen LogP contribution in [-0.4, -0.2) is 10.9 Å². The van der Waals surface area contributed by atoms with Gasteiger partial charge in [-0.15, -0.1) is 0 Å². The number of carbonyl (C=O) groups is 1. The maximum absolute atomic E-state index is 12.6. The monoisotopic (exact) mass is 385 g/mol. The zero-order chi connectivity index (χ0) is 20.1. The number of aryl methyl sites for hydroxylation is 1. The molecule has 2 aromatic carbocycles. The number of carbonyl (C=O) groups excluding carboxylic acids is 1. The maximum Gasteiger partial charge on any atom is 0.416 e. The number of anilines is 2. The van der Waals surface area contributed by atoms with Crippen LogP contribution in [0, 0.1) is 6.92 Å². The molecule has 0 aliphatic carbocycles. The molecule has 7 heteroatoms. The van der Waals surface area contributed by atoms with E-state index in [4.69, 9.17) is 0 Å². The van der Waals surface area contributed by atoms with E-state index in [9.17, 15) is 18.0 Å². The van der Waals surface area contributed by atoms with Gasteiger partial charge in [0.2, 0.25) is 0 Å². The van der Waals surface area contributed by atoms with Crippen LogP contribution in [-0.2, 0) is 12.7 Å². The number of rotatable bonds is 5. The zero-order valence-corrected chi connectivity index (χ0v) is 15.0. The second kappa shape index (κ2) is 8.12. The number of alkyl halides is 3. The van der Waals surface area contributed by atoms with Crippen LogP contribution in [0.3, 0.4) is 0 Å². The van der Waals surface area contributed by atoms with Gasteiger partial charge in [0.25, 0.3) is 5.91 Å². The quantitative estimate of drug-likeness (QED) is 0.629. The Balaban J connectivity index is 1.59. The summed E-state index contributed by atoms with van der Waals surface area (Å²) in [6.45, 7) is 2.65. The van der Waals surface area contributed by atoms with Crippen LogP contribution < -0.4 is 10.6 Å². The van der Waals surface area contributed by atoms with Crippen molar-refractivity contribution in [2.75, 3.05) is 10.6 Å². The predicted octanol–water partition coefficient (Wildman–Crippen LogP) is 5.27. The first-order valence-electron chi connectivity index (χ1n) is 8.56. The molecule has 0 saturated carbocycles. The molecular formula is C21H18F3N3O. The molecule has 0 saturated heterocycles. The minimum absolute atomic E-state index is 0.134. The number of aromatic nitrogens is 1. The number of hydrogen-bond acceptors (Lipinski definition) is 3. The summed E-state index contributed by atoms with van der Waals surface area (Å²) in [6, 6.07) is 15.5. The number of nitrogens with zero attached hydrogens (tertiary/aromatic N) is 1. The summed E-state index contributed by atoms with van der Waals surface area (Å²) >= 11 is 0. The van der Waals surface area contributed by atoms with Crippen molar-refractivity contribution in [2.45, 2.75) is 19.6 Å². The Morgan fingerprint density at radius 3 is 2.32 bits per heavy atom. The van der Waals surface area contributed by atoms with E-state index in [-0.39, 0.29) is 5.56 Å². The lowest BCUT2D eigenvalue weighted by Gasteiger charge is -2.10. The Morgan fingerprint density at radius 2 is 1.71 bits per heavy atom. The summed E-state index contributed by atoms with van der Waals surface area (Å²) in [5.41, 5.74) is 2.12. The first-order valence-corrected chi connectivity index (χ1v) is 8.56. The van der Waals surface area contributed by atoms with E-state index in [1.165, 1.54) is 11.8 Å². The third-order valence-corrected chi connectivity index (χ3v) is 4.22. The number of pyridine rings is 1. The molecule has 28 heavy (non-hydrogen) atoms. The summed E-state index contributed by atoms with van der Waals surface area (Å²) in [5, 5.41) is 5.82. The molecule has 4 nitrogen and oxygen atoms in total. The molecule has 1 heterocycles. The Morgan fingerprint density at radius 1 is 1.00 bits per heavy atom. The molecule has 2 N–H and O–H groups in total. The average molecular weight is 385 g/mol. The number of amides is 1. The molecule has 0 aliphatic rings. The molecule has 3 aromatic rings. The highest BCUT2D eigenvalue weighted by atomic mass is 19.4. The van der Waals surface area contributed by atoms with Gasteiger partial charge in [-0.25, -0.2) is 4.98 Å². The topological polar surface area (TPSA) is 54.0 Å². The van der Waals surface area contributed by atoms with Crippen LogP contribution in [0.4, 0.5) is 24.7 Å². The van der Waals surface area contributed by atoms with Gasteiger partial charge in [0, 0.05) is 12.1 Å². The van der Waals surface area contributed by atoms with Gasteiger partial charge in [0.15, 0.2) is 0 Å². The van der Waals surface area contributed by atoms with Gasteiger partial charge in [-0.3, -0.25) is 4.79 Å². The van der Waals surface area contributed by atoms with E-state index < -0.39 is 17.6 Å². The molecule has 1 amide bonds. The van der Waals surface area contributed by atoms with E-state index in [1.54, 1.807) is 12.1 Å². The van der Waals surface area contributed by atoms with Gasteiger partial charge in [-0.1, -0.05) is 24.3 Å². The van der Waals surface area contributed by atoms with E-state index in [0.717, 1.165) is 29.8 Å². The van der Waals surface area contributed by atoms with E-state index in [2.05, 4.69) is 15.6 Å². The van der Waals surface area contributed by atoms with Crippen molar-refractivity contribution in [3.63, 3.8) is 0 Å². The number of hydrogen-bond donors (Lipinski definition) is 2. The number of nitrogens with one attached hydrogen (secondary N) is 2. The highest BCUT2D eigenvalue weighted by molar-refractivity contribution is 6.04. The minimum Gasteiger partial charge on any atom is -0.366 e. The lowest BCUT2D eigenvalue weighted by Crippen LogP contribution is -2.13. The lowest BCUT2D eigenvalue weighted by atomic mass is 10.1. The Labute approximate surface area is 160 Å². The molecule has 3 rings (SSSR count). The van der Waals surface area contributed by atoms with Crippen LogP contribution in [0.15, 0.2) is 66.9 Å². The van der Waals surface area contributed by atoms with E-state index >= 15 is 0 Å². The molecule has 144 valence electrons. The number of benzene rings is 2. The molecule has 0 bridgehead atoms. The molecule has 1 aromatic heterocycles. The van der Waals surface area contributed by atoms with Gasteiger partial charge >= 0.3 is 6.18 Å². The molecule has 0 radical (unpaired) electrons. The summed E-state index contributed by atoms with van der Waals surface area (Å²) in [7, 11) is 0. The summed E-state index contributed by atoms with van der Waals surface area (Å²) in [5.74, 6) is 0.145. The van der Waals surface area contributed by atoms with Crippen molar-refractivity contribution in [2.24, 2.45) is 0 Å². The third kappa shape index (κ3) is 4.88. The summed E-state index contributed by atoms with van der Waals surface area (Å²) in [4.78, 5) is 16.4. The van der Waals surface area contributed by atoms with E-state index in [0.29, 0.717) is 18.1 Å². The second-order valence-electron chi connectivity index (χ2n) is 6.24. The van der Waals surface area contributed by atoms with Gasteiger partial charge in [-0.2, -0.15) is 13.2 Å². The van der Waals surface area contributed by atoms with Gasteiger partial charge in [0.1, 0.15) is 5.82 Å². The minimum atomic E-state index is -4.43. The van der Waals surface area contributed by atoms with Gasteiger partial charge in [-0.05, 0) is 54.4 Å². The van der Waals surface area contributed by atoms with Crippen molar-refractivity contribution in [1.29, 1.82) is 0 Å². The molecule has 0 aliphatic heterocycles. The Bertz CT molecular complexity index is 952. The second-order valence-corrected chi connectivity index (χ2v) is 6.24. The Kier molecular flexibility index (Phi) is 5.63. The summed E-state index contributed by atoms with van der Waals surface area (Å²) < 4.78 is 37.8. The van der Waals surface area contributed by atoms with Crippen LogP contribution in [0.2, 0.25) is 0 Å². The predicted molar refractivity (Wildman–Crippen MR) is 102 cm³/mol. The van der Waals surface area contributed by atoms with Crippen LogP contribution in [0.25, 0.3) is 0 Å². The standard InChI is InChI=1S/C21H18F3N3O/c1-14-4-2-3-5-16(14)12-25-19-11-10-18(13-26-19)27-20(28)15-6-8-17(9-7-15)21(22,23)24/h2-11,13H,12H2,1H3,(H,25,26)(H,27,28). The Hall–Kier alpha value is -3.35. The maximum atomic E-state index is 12.6. The fraction of sp³-hybridized carbons (Fsp3) is 0.143. The SMILES string of the molecule is Cc1ccccc1CNc1ccc(NC(=O)c2ccc(C(F)(F)F)cc2)cn1. The fourth-order valence-corrected chi connectivity index (χ4v) is 2.58. The molecule has 0 fully saturated rings. The molecule has 0 atom stereocenters. The molecule has 0 unspecified atom stereocenters. The van der Waals surface area contributed by atoms with Crippen molar-refractivity contribution in [3.05, 3.63) is 89.1 Å². The van der Waals surface area contributed by atoms with E-state index in [1.807, 2.05) is 31.2 Å². The van der Waals surface area contributed by atoms with Crippen LogP contribution in [0.5, 0.6) is 0 Å². The van der Waals surface area contributed by atoms with Gasteiger partial charge in [0.05, 0.1) is 17.4 Å². The average Bonchev–Trinajstić information content (AvgIpc) is 2.68. The van der Waals surface area contributed by atoms with Crippen molar-refractivity contribution in [1.82, 2.24) is 4.98 Å². The first kappa shape index (κ1) is 19.4. The fourth-order valence-electron chi connectivity index (χ4n) is 2.58. The normalized spacial score (nSPS) is 11.1. The number of halogens is 3. The largest absolute Gasteiger partial charge is 0.416 e. The first-order chi connectivity index (χ1) is 13.3. The highest BCUT2D eigenvalue weighted by Crippen LogP contribution is 2.29. The lowest BCUT2D eigenvalue weighted by molar-refractivity contribution is -0.137. The van der Waals surface area contributed by atoms with Crippen LogP contribution in [0.1, 0.15) is 27.0 Å². The third-order valence-electron chi connectivity index (χ3n) is 4.22. The van der Waals surface area contributed by atoms with Crippen molar-refractivity contribution >= 4 is 17.4 Å². The van der Waals surface area contributed by atoms with Crippen molar-refractivity contribution < 1.29 is 18.0 Å². The van der Waals surface area contributed by atoms with Gasteiger partial charge < -0.3 is 10.6 Å². The molecule has 0 spiro atoms. The van der Waals surface area contributed by atoms with Crippen LogP contribution >= 0.6 is 0 Å². The van der Waals surface area contributed by atoms with Crippen molar-refractivity contribution in [3.8, 4) is 0 Å². The zero-order valence-electron chi connectivity index (χ0n) is 15.0. The smallest absolute Gasteiger partial charge is 0.366 e. The summed E-state index contributed by atoms with van der Waals surface area (Å²) in [6.07, 6.45) is -2.94.